The molecular formula is C15H20FNO2. The summed E-state index contributed by atoms with van der Waals surface area (Å²) in [7, 11) is 3.43. The molecule has 4 heteroatoms. The Morgan fingerprint density at radius 2 is 2.21 bits per heavy atom. The van der Waals surface area contributed by atoms with E-state index in [0.29, 0.717) is 0 Å². The van der Waals surface area contributed by atoms with Crippen molar-refractivity contribution in [1.82, 2.24) is 4.90 Å². The molecule has 2 rings (SSSR count). The van der Waals surface area contributed by atoms with E-state index >= 15 is 0 Å². The van der Waals surface area contributed by atoms with Crippen LogP contribution in [0.3, 0.4) is 0 Å². The number of nitrogens with zero attached hydrogens (tertiary/aromatic N) is 1. The van der Waals surface area contributed by atoms with Crippen LogP contribution in [-0.2, 0) is 16.0 Å². The van der Waals surface area contributed by atoms with Crippen molar-refractivity contribution in [3.05, 3.63) is 35.6 Å². The highest BCUT2D eigenvalue weighted by Gasteiger charge is 2.51. The zero-order valence-electron chi connectivity index (χ0n) is 11.5. The minimum atomic E-state index is -0.286. The smallest absolute Gasteiger partial charge is 0.313 e. The zero-order valence-corrected chi connectivity index (χ0v) is 11.5. The van der Waals surface area contributed by atoms with Crippen molar-refractivity contribution in [3.63, 3.8) is 0 Å². The van der Waals surface area contributed by atoms with Gasteiger partial charge in [-0.2, -0.15) is 0 Å². The first-order chi connectivity index (χ1) is 9.05. The molecule has 0 heterocycles. The number of halogens is 1. The lowest BCUT2D eigenvalue weighted by Crippen LogP contribution is -2.33. The fraction of sp³-hybridized carbons (Fsp3) is 0.533. The molecule has 0 spiro atoms. The van der Waals surface area contributed by atoms with Gasteiger partial charge in [0, 0.05) is 13.1 Å². The van der Waals surface area contributed by atoms with Crippen LogP contribution in [0.15, 0.2) is 24.3 Å². The SMILES string of the molecule is COC(=O)C1(CN(C)CCc2cccc(F)c2)CC1. The number of rotatable bonds is 6. The first-order valence-electron chi connectivity index (χ1n) is 6.57. The maximum atomic E-state index is 13.0. The standard InChI is InChI=1S/C15H20FNO2/c1-17(11-15(7-8-15)14(18)19-2)9-6-12-4-3-5-13(16)10-12/h3-5,10H,6-9,11H2,1-2H3. The summed E-state index contributed by atoms with van der Waals surface area (Å²) in [5, 5.41) is 0. The molecule has 0 aromatic heterocycles. The highest BCUT2D eigenvalue weighted by atomic mass is 19.1. The average Bonchev–Trinajstić information content (AvgIpc) is 3.16. The Morgan fingerprint density at radius 3 is 2.79 bits per heavy atom. The highest BCUT2D eigenvalue weighted by Crippen LogP contribution is 2.47. The number of benzene rings is 1. The second kappa shape index (κ2) is 5.70. The molecule has 19 heavy (non-hydrogen) atoms. The van der Waals surface area contributed by atoms with Crippen molar-refractivity contribution in [3.8, 4) is 0 Å². The topological polar surface area (TPSA) is 29.5 Å². The Morgan fingerprint density at radius 1 is 1.47 bits per heavy atom. The Labute approximate surface area is 113 Å². The van der Waals surface area contributed by atoms with Gasteiger partial charge in [0.2, 0.25) is 0 Å². The Bertz CT molecular complexity index is 457. The molecule has 0 aliphatic heterocycles. The number of carbonyl (C=O) groups excluding carboxylic acids is 1. The first-order valence-corrected chi connectivity index (χ1v) is 6.57. The highest BCUT2D eigenvalue weighted by molar-refractivity contribution is 5.80. The van der Waals surface area contributed by atoms with Crippen LogP contribution in [0.25, 0.3) is 0 Å². The second-order valence-electron chi connectivity index (χ2n) is 5.39. The van der Waals surface area contributed by atoms with Crippen molar-refractivity contribution >= 4 is 5.97 Å². The van der Waals surface area contributed by atoms with Crippen LogP contribution in [0.1, 0.15) is 18.4 Å². The number of methoxy groups -OCH3 is 1. The molecule has 1 aliphatic carbocycles. The normalized spacial score (nSPS) is 16.4. The molecule has 1 aliphatic rings. The van der Waals surface area contributed by atoms with Crippen molar-refractivity contribution in [1.29, 1.82) is 0 Å². The van der Waals surface area contributed by atoms with Gasteiger partial charge in [0.15, 0.2) is 0 Å². The van der Waals surface area contributed by atoms with E-state index in [4.69, 9.17) is 4.74 Å². The van der Waals surface area contributed by atoms with Crippen molar-refractivity contribution in [2.45, 2.75) is 19.3 Å². The van der Waals surface area contributed by atoms with Gasteiger partial charge in [0.25, 0.3) is 0 Å². The lowest BCUT2D eigenvalue weighted by Gasteiger charge is -2.21. The number of ether oxygens (including phenoxy) is 1. The van der Waals surface area contributed by atoms with Gasteiger partial charge < -0.3 is 9.64 Å². The molecule has 104 valence electrons. The predicted octanol–water partition coefficient (Wildman–Crippen LogP) is 2.25. The van der Waals surface area contributed by atoms with E-state index < -0.39 is 0 Å². The molecule has 1 saturated carbocycles. The molecule has 3 nitrogen and oxygen atoms in total. The van der Waals surface area contributed by atoms with E-state index in [1.807, 2.05) is 13.1 Å². The lowest BCUT2D eigenvalue weighted by molar-refractivity contribution is -0.147. The number of esters is 1. The van der Waals surface area contributed by atoms with Crippen LogP contribution in [0.4, 0.5) is 4.39 Å². The van der Waals surface area contributed by atoms with Crippen LogP contribution in [-0.4, -0.2) is 38.1 Å². The fourth-order valence-electron chi connectivity index (χ4n) is 2.40. The molecule has 0 atom stereocenters. The van der Waals surface area contributed by atoms with Gasteiger partial charge in [-0.25, -0.2) is 4.39 Å². The zero-order chi connectivity index (χ0) is 13.9. The third-order valence-electron chi connectivity index (χ3n) is 3.72. The van der Waals surface area contributed by atoms with Crippen LogP contribution in [0, 0.1) is 11.2 Å². The number of carbonyl (C=O) groups is 1. The molecule has 0 N–H and O–H groups in total. The molecule has 0 radical (unpaired) electrons. The van der Waals surface area contributed by atoms with E-state index in [1.54, 1.807) is 12.1 Å². The van der Waals surface area contributed by atoms with Gasteiger partial charge in [-0.05, 0) is 44.0 Å². The Kier molecular flexibility index (Phi) is 4.20. The third-order valence-corrected chi connectivity index (χ3v) is 3.72. The first kappa shape index (κ1) is 14.0. The average molecular weight is 265 g/mol. The van der Waals surface area contributed by atoms with E-state index in [0.717, 1.165) is 37.9 Å². The summed E-state index contributed by atoms with van der Waals surface area (Å²) in [5.74, 6) is -0.307. The number of likely N-dealkylation sites (N-methyl/N-ethyl adjacent to an activating group) is 1. The monoisotopic (exact) mass is 265 g/mol. The van der Waals surface area contributed by atoms with Gasteiger partial charge in [-0.1, -0.05) is 12.1 Å². The molecule has 0 saturated heterocycles. The number of hydrogen-bond acceptors (Lipinski definition) is 3. The quantitative estimate of drug-likeness (QED) is 0.739. The second-order valence-corrected chi connectivity index (χ2v) is 5.39. The van der Waals surface area contributed by atoms with E-state index in [-0.39, 0.29) is 17.2 Å². The maximum Gasteiger partial charge on any atom is 0.313 e. The molecule has 0 bridgehead atoms. The van der Waals surface area contributed by atoms with Crippen molar-refractivity contribution in [2.24, 2.45) is 5.41 Å². The lowest BCUT2D eigenvalue weighted by atomic mass is 10.1. The summed E-state index contributed by atoms with van der Waals surface area (Å²) >= 11 is 0. The molecule has 1 fully saturated rings. The van der Waals surface area contributed by atoms with Gasteiger partial charge in [-0.15, -0.1) is 0 Å². The molecule has 1 aromatic rings. The van der Waals surface area contributed by atoms with E-state index in [2.05, 4.69) is 4.90 Å². The van der Waals surface area contributed by atoms with Gasteiger partial charge >= 0.3 is 5.97 Å². The van der Waals surface area contributed by atoms with Crippen LogP contribution in [0.2, 0.25) is 0 Å². The Balaban J connectivity index is 1.82. The summed E-state index contributed by atoms with van der Waals surface area (Å²) in [6.07, 6.45) is 2.60. The largest absolute Gasteiger partial charge is 0.469 e. The summed E-state index contributed by atoms with van der Waals surface area (Å²) in [4.78, 5) is 13.8. The molecule has 0 unspecified atom stereocenters. The minimum absolute atomic E-state index is 0.106. The molecule has 1 aromatic carbocycles. The van der Waals surface area contributed by atoms with Gasteiger partial charge in [0.1, 0.15) is 5.82 Å². The fourth-order valence-corrected chi connectivity index (χ4v) is 2.40. The van der Waals surface area contributed by atoms with Crippen molar-refractivity contribution in [2.75, 3.05) is 27.2 Å². The van der Waals surface area contributed by atoms with Gasteiger partial charge in [-0.3, -0.25) is 4.79 Å². The molecule has 0 amide bonds. The van der Waals surface area contributed by atoms with E-state index in [1.165, 1.54) is 13.2 Å². The van der Waals surface area contributed by atoms with Crippen LogP contribution >= 0.6 is 0 Å². The number of hydrogen-bond donors (Lipinski definition) is 0. The summed E-state index contributed by atoms with van der Waals surface area (Å²) in [6, 6.07) is 6.65. The maximum absolute atomic E-state index is 13.0. The minimum Gasteiger partial charge on any atom is -0.469 e. The van der Waals surface area contributed by atoms with E-state index in [9.17, 15) is 9.18 Å². The third kappa shape index (κ3) is 3.53. The van der Waals surface area contributed by atoms with Gasteiger partial charge in [0.05, 0.1) is 12.5 Å². The summed E-state index contributed by atoms with van der Waals surface area (Å²) in [5.41, 5.74) is 0.695. The summed E-state index contributed by atoms with van der Waals surface area (Å²) < 4.78 is 17.9. The van der Waals surface area contributed by atoms with Crippen molar-refractivity contribution < 1.29 is 13.9 Å². The summed E-state index contributed by atoms with van der Waals surface area (Å²) in [6.45, 7) is 1.52. The van der Waals surface area contributed by atoms with Crippen LogP contribution in [0.5, 0.6) is 0 Å². The molecular weight excluding hydrogens is 245 g/mol. The Hall–Kier alpha value is -1.42. The van der Waals surface area contributed by atoms with Crippen LogP contribution < -0.4 is 0 Å². The predicted molar refractivity (Wildman–Crippen MR) is 71.3 cm³/mol.